The minimum atomic E-state index is -1.45. The number of aliphatic hydroxyl groups is 2. The van der Waals surface area contributed by atoms with Gasteiger partial charge in [0.1, 0.15) is 11.9 Å². The van der Waals surface area contributed by atoms with E-state index in [1.165, 1.54) is 22.9 Å². The number of carbonyl (C=O) groups is 1. The number of ketones is 1. The molecule has 7 atom stereocenters. The van der Waals surface area contributed by atoms with Crippen LogP contribution in [0.15, 0.2) is 23.3 Å². The minimum absolute atomic E-state index is 0.0710. The van der Waals surface area contributed by atoms with Crippen molar-refractivity contribution in [2.45, 2.75) is 82.2 Å². The number of hydrogen-bond donors (Lipinski definition) is 2. The second kappa shape index (κ2) is 9.04. The maximum absolute atomic E-state index is 13.6. The van der Waals surface area contributed by atoms with Crippen LogP contribution in [0.25, 0.3) is 6.08 Å². The van der Waals surface area contributed by atoms with Crippen LogP contribution < -0.4 is 0 Å². The molecule has 2 aromatic heterocycles. The lowest BCUT2D eigenvalue weighted by Crippen LogP contribution is -2.62. The predicted octanol–water partition coefficient (Wildman–Crippen LogP) is 3.17. The maximum atomic E-state index is 13.6. The van der Waals surface area contributed by atoms with Gasteiger partial charge < -0.3 is 14.8 Å². The summed E-state index contributed by atoms with van der Waals surface area (Å²) in [6, 6.07) is 2.21. The number of carbonyl (C=O) groups excluding carboxylic acids is 1. The number of nitriles is 1. The van der Waals surface area contributed by atoms with Gasteiger partial charge in [-0.05, 0) is 73.3 Å². The largest absolute Gasteiger partial charge is 0.393 e. The van der Waals surface area contributed by atoms with E-state index in [1.807, 2.05) is 24.9 Å². The molecule has 3 saturated carbocycles. The van der Waals surface area contributed by atoms with Gasteiger partial charge in [-0.2, -0.15) is 10.4 Å². The lowest BCUT2D eigenvalue weighted by atomic mass is 9.45. The van der Waals surface area contributed by atoms with E-state index in [-0.39, 0.29) is 34.7 Å². The van der Waals surface area contributed by atoms with Crippen molar-refractivity contribution in [2.24, 2.45) is 35.6 Å². The quantitative estimate of drug-likeness (QED) is 0.539. The third-order valence-electron chi connectivity index (χ3n) is 10.5. The monoisotopic (exact) mass is 536 g/mol. The first-order valence-electron chi connectivity index (χ1n) is 13.7. The first-order valence-corrected chi connectivity index (χ1v) is 14.6. The van der Waals surface area contributed by atoms with E-state index >= 15 is 0 Å². The number of Topliss-reactive ketones (excluding diaryl/α,β-unsaturated/α-hetero) is 1. The summed E-state index contributed by atoms with van der Waals surface area (Å²) in [5.74, 6) is 0.466. The van der Waals surface area contributed by atoms with Crippen molar-refractivity contribution in [3.05, 3.63) is 29.4 Å². The number of nitrogens with zero attached hydrogens (tertiary/aromatic N) is 6. The molecule has 4 aliphatic carbocycles. The number of rotatable bonds is 6. The van der Waals surface area contributed by atoms with Crippen molar-refractivity contribution in [3.63, 3.8) is 0 Å². The molecule has 38 heavy (non-hydrogen) atoms. The zero-order valence-electron chi connectivity index (χ0n) is 22.3. The Kier molecular flexibility index (Phi) is 6.13. The van der Waals surface area contributed by atoms with Gasteiger partial charge in [-0.25, -0.2) is 0 Å². The number of allylic oxidation sites excluding steroid dienone is 1. The van der Waals surface area contributed by atoms with Crippen LogP contribution in [0.3, 0.4) is 0 Å². The van der Waals surface area contributed by atoms with Crippen LogP contribution >= 0.6 is 11.8 Å². The number of aromatic nitrogens is 5. The van der Waals surface area contributed by atoms with Crippen molar-refractivity contribution in [3.8, 4) is 6.07 Å². The van der Waals surface area contributed by atoms with Crippen LogP contribution in [0.2, 0.25) is 0 Å². The van der Waals surface area contributed by atoms with Gasteiger partial charge in [-0.15, -0.1) is 10.2 Å². The van der Waals surface area contributed by atoms with E-state index in [0.29, 0.717) is 31.0 Å². The fourth-order valence-corrected chi connectivity index (χ4v) is 9.54. The number of fused-ring (bicyclic) bond motifs is 6. The summed E-state index contributed by atoms with van der Waals surface area (Å²) >= 11 is 1.31. The third kappa shape index (κ3) is 3.58. The van der Waals surface area contributed by atoms with Crippen LogP contribution in [-0.4, -0.2) is 58.0 Å². The molecule has 10 heteroatoms. The molecule has 0 aliphatic heterocycles. The number of aliphatic hydroxyl groups excluding tert-OH is 1. The second-order valence-electron chi connectivity index (χ2n) is 12.3. The molecule has 5 unspecified atom stereocenters. The fourth-order valence-electron chi connectivity index (χ4n) is 8.69. The molecule has 3 fully saturated rings. The predicted molar refractivity (Wildman–Crippen MR) is 142 cm³/mol. The first-order chi connectivity index (χ1) is 18.1. The summed E-state index contributed by atoms with van der Waals surface area (Å²) in [6.07, 6.45) is 9.98. The Morgan fingerprint density at radius 3 is 2.89 bits per heavy atom. The van der Waals surface area contributed by atoms with Crippen molar-refractivity contribution in [2.75, 3.05) is 5.75 Å². The van der Waals surface area contributed by atoms with Crippen LogP contribution in [0.5, 0.6) is 0 Å². The SMILES string of the molecule is Cn1cnnc1SCC(=O)[C@@]1(O)CCC2C3CCC4=Cc5c(cnn5CCC#N)CC4(C)C3[C@@H](O)CC21C. The Hall–Kier alpha value is -2.48. The standard InChI is InChI=1S/C28H36N6O3S/c1-26-12-17-14-31-34(10-4-9-29)21(17)11-18(26)5-6-19-20-7-8-28(37,27(20,2)13-22(35)24(19)26)23(36)15-38-25-32-30-16-33(25)3/h11,14,16,19-20,22,24,35,37H,4-8,10,12-13,15H2,1-3H3/t19?,20?,22-,24?,26?,27?,28-/m0/s1. The molecule has 2 heterocycles. The lowest BCUT2D eigenvalue weighted by Gasteiger charge is -2.60. The Morgan fingerprint density at radius 2 is 2.16 bits per heavy atom. The molecule has 0 saturated heterocycles. The number of hydrogen-bond acceptors (Lipinski definition) is 8. The number of aryl methyl sites for hydroxylation is 2. The highest BCUT2D eigenvalue weighted by molar-refractivity contribution is 7.99. The zero-order valence-corrected chi connectivity index (χ0v) is 23.1. The third-order valence-corrected chi connectivity index (χ3v) is 11.6. The van der Waals surface area contributed by atoms with Gasteiger partial charge in [0.05, 0.1) is 42.8 Å². The molecule has 4 aliphatic rings. The Bertz CT molecular complexity index is 1340. The van der Waals surface area contributed by atoms with Gasteiger partial charge in [0.25, 0.3) is 0 Å². The van der Waals surface area contributed by atoms with E-state index in [2.05, 4.69) is 34.4 Å². The summed E-state index contributed by atoms with van der Waals surface area (Å²) in [4.78, 5) is 13.6. The molecule has 0 spiro atoms. The minimum Gasteiger partial charge on any atom is -0.393 e. The van der Waals surface area contributed by atoms with Crippen LogP contribution in [-0.2, 0) is 24.8 Å². The van der Waals surface area contributed by atoms with E-state index in [4.69, 9.17) is 5.26 Å². The highest BCUT2D eigenvalue weighted by atomic mass is 32.2. The first kappa shape index (κ1) is 25.8. The van der Waals surface area contributed by atoms with Gasteiger partial charge in [0, 0.05) is 12.5 Å². The topological polar surface area (TPSA) is 130 Å². The smallest absolute Gasteiger partial charge is 0.191 e. The summed E-state index contributed by atoms with van der Waals surface area (Å²) in [5.41, 5.74) is 1.33. The van der Waals surface area contributed by atoms with Crippen molar-refractivity contribution in [1.29, 1.82) is 5.26 Å². The van der Waals surface area contributed by atoms with E-state index < -0.39 is 17.1 Å². The molecule has 9 nitrogen and oxygen atoms in total. The number of thioether (sulfide) groups is 1. The van der Waals surface area contributed by atoms with Gasteiger partial charge in [-0.1, -0.05) is 31.2 Å². The average Bonchev–Trinajstić information content (AvgIpc) is 3.54. The van der Waals surface area contributed by atoms with Gasteiger partial charge in [-0.3, -0.25) is 9.48 Å². The average molecular weight is 537 g/mol. The fraction of sp³-hybridized carbons (Fsp3) is 0.679. The van der Waals surface area contributed by atoms with E-state index in [1.54, 1.807) is 10.9 Å². The van der Waals surface area contributed by atoms with Crippen LogP contribution in [0.4, 0.5) is 0 Å². The maximum Gasteiger partial charge on any atom is 0.191 e. The summed E-state index contributed by atoms with van der Waals surface area (Å²) in [5, 5.41) is 45.9. The Morgan fingerprint density at radius 1 is 1.34 bits per heavy atom. The second-order valence-corrected chi connectivity index (χ2v) is 13.3. The summed E-state index contributed by atoms with van der Waals surface area (Å²) < 4.78 is 3.71. The molecule has 202 valence electrons. The normalized spacial score (nSPS) is 37.4. The zero-order chi connectivity index (χ0) is 26.9. The van der Waals surface area contributed by atoms with E-state index in [0.717, 1.165) is 31.4 Å². The Labute approximate surface area is 227 Å². The van der Waals surface area contributed by atoms with Crippen molar-refractivity contribution in [1.82, 2.24) is 24.5 Å². The molecule has 0 aromatic carbocycles. The summed E-state index contributed by atoms with van der Waals surface area (Å²) in [6.45, 7) is 4.92. The van der Waals surface area contributed by atoms with Crippen LogP contribution in [0.1, 0.15) is 63.6 Å². The highest BCUT2D eigenvalue weighted by Gasteiger charge is 2.68. The van der Waals surface area contributed by atoms with Crippen molar-refractivity contribution >= 4 is 23.6 Å². The molecular weight excluding hydrogens is 500 g/mol. The van der Waals surface area contributed by atoms with E-state index in [9.17, 15) is 15.0 Å². The molecule has 2 N–H and O–H groups in total. The lowest BCUT2D eigenvalue weighted by molar-refractivity contribution is -0.177. The Balaban J connectivity index is 1.26. The molecule has 2 aromatic rings. The molecule has 6 rings (SSSR count). The van der Waals surface area contributed by atoms with Gasteiger partial charge in [0.2, 0.25) is 0 Å². The molecule has 0 radical (unpaired) electrons. The molecule has 0 bridgehead atoms. The van der Waals surface area contributed by atoms with Crippen LogP contribution in [0, 0.1) is 39.9 Å². The summed E-state index contributed by atoms with van der Waals surface area (Å²) in [7, 11) is 1.84. The molecule has 0 amide bonds. The van der Waals surface area contributed by atoms with Crippen molar-refractivity contribution < 1.29 is 15.0 Å². The van der Waals surface area contributed by atoms with Gasteiger partial charge >= 0.3 is 0 Å². The molecular formula is C28H36N6O3S. The van der Waals surface area contributed by atoms with Gasteiger partial charge in [0.15, 0.2) is 10.9 Å². The highest BCUT2D eigenvalue weighted by Crippen LogP contribution is 2.67.